The molecule has 3 heteroatoms. The lowest BCUT2D eigenvalue weighted by molar-refractivity contribution is 0.0668. The molecule has 2 heterocycles. The highest BCUT2D eigenvalue weighted by Crippen LogP contribution is 2.28. The van der Waals surface area contributed by atoms with Crippen molar-refractivity contribution in [1.29, 1.82) is 0 Å². The van der Waals surface area contributed by atoms with Gasteiger partial charge in [-0.05, 0) is 37.4 Å². The van der Waals surface area contributed by atoms with Crippen LogP contribution in [0.15, 0.2) is 30.3 Å². The number of nitrogens with one attached hydrogen (secondary N) is 1. The molecule has 0 unspecified atom stereocenters. The van der Waals surface area contributed by atoms with Crippen molar-refractivity contribution >= 4 is 0 Å². The molecular formula is C16H24N2O. The zero-order valence-electron chi connectivity index (χ0n) is 11.6. The highest BCUT2D eigenvalue weighted by Gasteiger charge is 2.26. The normalized spacial score (nSPS) is 27.1. The van der Waals surface area contributed by atoms with Crippen LogP contribution in [-0.2, 0) is 4.74 Å². The molecule has 1 atom stereocenters. The first-order valence-electron chi connectivity index (χ1n) is 7.51. The van der Waals surface area contributed by atoms with E-state index in [0.29, 0.717) is 6.04 Å². The minimum absolute atomic E-state index is 0.569. The van der Waals surface area contributed by atoms with E-state index >= 15 is 0 Å². The van der Waals surface area contributed by atoms with Gasteiger partial charge >= 0.3 is 0 Å². The highest BCUT2D eigenvalue weighted by molar-refractivity contribution is 5.20. The maximum Gasteiger partial charge on any atom is 0.0634 e. The first-order valence-corrected chi connectivity index (χ1v) is 7.51. The Hall–Kier alpha value is -0.900. The standard InChI is InChI=1S/C16H24N2O/c1-2-4-14(5-3-1)15-6-9-18(10-7-15)16-12-17-8-11-19-13-16/h1-5,15-17H,6-13H2/t16-/m1/s1. The Morgan fingerprint density at radius 3 is 2.68 bits per heavy atom. The van der Waals surface area contributed by atoms with Gasteiger partial charge in [-0.3, -0.25) is 4.90 Å². The number of rotatable bonds is 2. The summed E-state index contributed by atoms with van der Waals surface area (Å²) in [5.41, 5.74) is 1.51. The van der Waals surface area contributed by atoms with Crippen molar-refractivity contribution in [1.82, 2.24) is 10.2 Å². The largest absolute Gasteiger partial charge is 0.378 e. The number of nitrogens with zero attached hydrogens (tertiary/aromatic N) is 1. The molecule has 0 aliphatic carbocycles. The molecule has 2 aliphatic rings. The maximum atomic E-state index is 5.67. The third kappa shape index (κ3) is 3.35. The number of piperidine rings is 1. The zero-order chi connectivity index (χ0) is 12.9. The first kappa shape index (κ1) is 13.1. The number of hydrogen-bond acceptors (Lipinski definition) is 3. The summed E-state index contributed by atoms with van der Waals surface area (Å²) in [4.78, 5) is 2.61. The maximum absolute atomic E-state index is 5.67. The van der Waals surface area contributed by atoms with Crippen LogP contribution in [0.2, 0.25) is 0 Å². The molecule has 1 aromatic rings. The monoisotopic (exact) mass is 260 g/mol. The Morgan fingerprint density at radius 2 is 1.89 bits per heavy atom. The summed E-state index contributed by atoms with van der Waals surface area (Å²) >= 11 is 0. The van der Waals surface area contributed by atoms with Crippen LogP contribution >= 0.6 is 0 Å². The van der Waals surface area contributed by atoms with E-state index < -0.39 is 0 Å². The second-order valence-electron chi connectivity index (χ2n) is 5.65. The van der Waals surface area contributed by atoms with E-state index in [0.717, 1.165) is 32.2 Å². The molecule has 1 aromatic carbocycles. The minimum Gasteiger partial charge on any atom is -0.378 e. The molecule has 1 N–H and O–H groups in total. The van der Waals surface area contributed by atoms with E-state index in [4.69, 9.17) is 4.74 Å². The van der Waals surface area contributed by atoms with Crippen LogP contribution in [0.1, 0.15) is 24.3 Å². The van der Waals surface area contributed by atoms with Gasteiger partial charge in [0.15, 0.2) is 0 Å². The summed E-state index contributed by atoms with van der Waals surface area (Å²) in [5.74, 6) is 0.747. The molecule has 0 saturated carbocycles. The van der Waals surface area contributed by atoms with Crippen LogP contribution in [0, 0.1) is 0 Å². The Balaban J connectivity index is 1.54. The second-order valence-corrected chi connectivity index (χ2v) is 5.65. The topological polar surface area (TPSA) is 24.5 Å². The molecule has 2 fully saturated rings. The van der Waals surface area contributed by atoms with Gasteiger partial charge in [0.2, 0.25) is 0 Å². The van der Waals surface area contributed by atoms with Crippen molar-refractivity contribution in [3.8, 4) is 0 Å². The molecule has 0 spiro atoms. The summed E-state index contributed by atoms with van der Waals surface area (Å²) in [5, 5.41) is 3.47. The van der Waals surface area contributed by atoms with Crippen molar-refractivity contribution in [2.45, 2.75) is 24.8 Å². The van der Waals surface area contributed by atoms with Gasteiger partial charge in [0.05, 0.1) is 13.2 Å². The summed E-state index contributed by atoms with van der Waals surface area (Å²) in [6, 6.07) is 11.5. The third-order valence-corrected chi connectivity index (χ3v) is 4.43. The van der Waals surface area contributed by atoms with Crippen molar-refractivity contribution in [2.75, 3.05) is 39.4 Å². The number of likely N-dealkylation sites (tertiary alicyclic amines) is 1. The fraction of sp³-hybridized carbons (Fsp3) is 0.625. The van der Waals surface area contributed by atoms with Gasteiger partial charge in [0.25, 0.3) is 0 Å². The fourth-order valence-electron chi connectivity index (χ4n) is 3.25. The molecule has 0 aromatic heterocycles. The molecule has 104 valence electrons. The Labute approximate surface area is 115 Å². The van der Waals surface area contributed by atoms with Gasteiger partial charge in [-0.1, -0.05) is 30.3 Å². The van der Waals surface area contributed by atoms with Crippen LogP contribution in [0.4, 0.5) is 0 Å². The first-order chi connectivity index (χ1) is 9.43. The van der Waals surface area contributed by atoms with E-state index in [1.54, 1.807) is 0 Å². The Morgan fingerprint density at radius 1 is 1.11 bits per heavy atom. The highest BCUT2D eigenvalue weighted by atomic mass is 16.5. The van der Waals surface area contributed by atoms with Gasteiger partial charge in [0, 0.05) is 19.1 Å². The summed E-state index contributed by atoms with van der Waals surface area (Å²) in [7, 11) is 0. The average Bonchev–Trinajstić information content (AvgIpc) is 2.77. The summed E-state index contributed by atoms with van der Waals surface area (Å²) in [6.45, 7) is 6.23. The number of hydrogen-bond donors (Lipinski definition) is 1. The van der Waals surface area contributed by atoms with Gasteiger partial charge in [-0.2, -0.15) is 0 Å². The van der Waals surface area contributed by atoms with Crippen LogP contribution in [0.5, 0.6) is 0 Å². The van der Waals surface area contributed by atoms with Crippen molar-refractivity contribution in [3.63, 3.8) is 0 Å². The van der Waals surface area contributed by atoms with Gasteiger partial charge in [-0.15, -0.1) is 0 Å². The summed E-state index contributed by atoms with van der Waals surface area (Å²) < 4.78 is 5.67. The van der Waals surface area contributed by atoms with E-state index in [1.807, 2.05) is 0 Å². The van der Waals surface area contributed by atoms with Gasteiger partial charge < -0.3 is 10.1 Å². The lowest BCUT2D eigenvalue weighted by Gasteiger charge is -2.37. The lowest BCUT2D eigenvalue weighted by atomic mass is 9.89. The van der Waals surface area contributed by atoms with Gasteiger partial charge in [-0.25, -0.2) is 0 Å². The SMILES string of the molecule is c1ccc(C2CCN([C@@H]3CNCCOC3)CC2)cc1. The fourth-order valence-corrected chi connectivity index (χ4v) is 3.25. The van der Waals surface area contributed by atoms with E-state index in [1.165, 1.54) is 31.5 Å². The van der Waals surface area contributed by atoms with Crippen molar-refractivity contribution in [3.05, 3.63) is 35.9 Å². The Bertz CT molecular complexity index is 366. The Kier molecular flexibility index (Phi) is 4.49. The molecule has 2 saturated heterocycles. The molecule has 0 amide bonds. The average molecular weight is 260 g/mol. The molecule has 2 aliphatic heterocycles. The van der Waals surface area contributed by atoms with E-state index in [-0.39, 0.29) is 0 Å². The number of benzene rings is 1. The van der Waals surface area contributed by atoms with E-state index in [9.17, 15) is 0 Å². The second kappa shape index (κ2) is 6.51. The van der Waals surface area contributed by atoms with Crippen molar-refractivity contribution < 1.29 is 4.74 Å². The van der Waals surface area contributed by atoms with Gasteiger partial charge in [0.1, 0.15) is 0 Å². The molecular weight excluding hydrogens is 236 g/mol. The van der Waals surface area contributed by atoms with Crippen molar-refractivity contribution in [2.24, 2.45) is 0 Å². The predicted molar refractivity (Wildman–Crippen MR) is 77.5 cm³/mol. The molecule has 3 rings (SSSR count). The summed E-state index contributed by atoms with van der Waals surface area (Å²) in [6.07, 6.45) is 2.56. The van der Waals surface area contributed by atoms with E-state index in [2.05, 4.69) is 40.5 Å². The third-order valence-electron chi connectivity index (χ3n) is 4.43. The smallest absolute Gasteiger partial charge is 0.0634 e. The number of ether oxygens (including phenoxy) is 1. The minimum atomic E-state index is 0.569. The lowest BCUT2D eigenvalue weighted by Crippen LogP contribution is -2.47. The van der Waals surface area contributed by atoms with Crippen LogP contribution in [0.3, 0.4) is 0 Å². The van der Waals surface area contributed by atoms with Crippen LogP contribution in [0.25, 0.3) is 0 Å². The molecule has 0 radical (unpaired) electrons. The molecule has 3 nitrogen and oxygen atoms in total. The van der Waals surface area contributed by atoms with Crippen LogP contribution < -0.4 is 5.32 Å². The predicted octanol–water partition coefficient (Wildman–Crippen LogP) is 1.85. The quantitative estimate of drug-likeness (QED) is 0.878. The zero-order valence-corrected chi connectivity index (χ0v) is 11.6. The molecule has 19 heavy (non-hydrogen) atoms. The van der Waals surface area contributed by atoms with Crippen LogP contribution in [-0.4, -0.2) is 50.3 Å². The molecule has 0 bridgehead atoms.